The van der Waals surface area contributed by atoms with E-state index in [1.807, 2.05) is 0 Å². The standard InChI is InChI=1S/C13H17ClO8/c1-3-10(15)21-8-9(2)22-12(17)5-4-11(16)19-6-7-20-13(14)18/h3,9H,1,4-8H2,2H3. The Morgan fingerprint density at radius 2 is 1.64 bits per heavy atom. The van der Waals surface area contributed by atoms with Crippen LogP contribution >= 0.6 is 11.6 Å². The third-order valence-corrected chi connectivity index (χ3v) is 2.16. The van der Waals surface area contributed by atoms with Gasteiger partial charge in [-0.3, -0.25) is 9.59 Å². The number of ether oxygens (including phenoxy) is 4. The first kappa shape index (κ1) is 19.9. The highest BCUT2D eigenvalue weighted by Crippen LogP contribution is 2.01. The second-order valence-electron chi connectivity index (χ2n) is 3.94. The van der Waals surface area contributed by atoms with Gasteiger partial charge in [-0.15, -0.1) is 0 Å². The number of esters is 3. The summed E-state index contributed by atoms with van der Waals surface area (Å²) in [6.07, 6.45) is -0.0252. The summed E-state index contributed by atoms with van der Waals surface area (Å²) in [7, 11) is 0. The van der Waals surface area contributed by atoms with Crippen molar-refractivity contribution in [1.29, 1.82) is 0 Å². The van der Waals surface area contributed by atoms with Crippen molar-refractivity contribution in [3.8, 4) is 0 Å². The SMILES string of the molecule is C=CC(=O)OCC(C)OC(=O)CCC(=O)OCCOC(=O)Cl. The van der Waals surface area contributed by atoms with Crippen molar-refractivity contribution < 1.29 is 38.1 Å². The highest BCUT2D eigenvalue weighted by molar-refractivity contribution is 6.61. The molecule has 1 atom stereocenters. The normalized spacial score (nSPS) is 11.0. The molecule has 8 nitrogen and oxygen atoms in total. The Labute approximate surface area is 132 Å². The molecule has 0 aromatic rings. The summed E-state index contributed by atoms with van der Waals surface area (Å²) in [5.41, 5.74) is -0.995. The van der Waals surface area contributed by atoms with Gasteiger partial charge in [0.15, 0.2) is 0 Å². The maximum Gasteiger partial charge on any atom is 0.403 e. The van der Waals surface area contributed by atoms with Gasteiger partial charge in [-0.05, 0) is 6.92 Å². The van der Waals surface area contributed by atoms with E-state index in [0.717, 1.165) is 6.08 Å². The third kappa shape index (κ3) is 11.7. The summed E-state index contributed by atoms with van der Waals surface area (Å²) >= 11 is 4.90. The van der Waals surface area contributed by atoms with Gasteiger partial charge in [0.2, 0.25) is 0 Å². The van der Waals surface area contributed by atoms with Crippen LogP contribution in [0, 0.1) is 0 Å². The molecule has 9 heteroatoms. The number of hydrogen-bond acceptors (Lipinski definition) is 8. The lowest BCUT2D eigenvalue weighted by Gasteiger charge is -2.12. The molecule has 0 saturated heterocycles. The zero-order chi connectivity index (χ0) is 17.0. The van der Waals surface area contributed by atoms with E-state index in [2.05, 4.69) is 20.8 Å². The van der Waals surface area contributed by atoms with Crippen molar-refractivity contribution in [2.45, 2.75) is 25.9 Å². The Balaban J connectivity index is 3.74. The van der Waals surface area contributed by atoms with Crippen LogP contribution in [-0.2, 0) is 33.3 Å². The molecule has 0 aliphatic carbocycles. The van der Waals surface area contributed by atoms with E-state index in [9.17, 15) is 19.2 Å². The number of carbonyl (C=O) groups excluding carboxylic acids is 4. The molecule has 0 amide bonds. The summed E-state index contributed by atoms with van der Waals surface area (Å²) in [6.45, 7) is 4.33. The van der Waals surface area contributed by atoms with Crippen LogP contribution in [0.4, 0.5) is 4.79 Å². The van der Waals surface area contributed by atoms with E-state index in [0.29, 0.717) is 0 Å². The predicted octanol–water partition coefficient (Wildman–Crippen LogP) is 1.35. The van der Waals surface area contributed by atoms with Gasteiger partial charge in [0.05, 0.1) is 12.8 Å². The number of halogens is 1. The van der Waals surface area contributed by atoms with Crippen LogP contribution in [0.2, 0.25) is 0 Å². The molecule has 22 heavy (non-hydrogen) atoms. The zero-order valence-electron chi connectivity index (χ0n) is 12.0. The van der Waals surface area contributed by atoms with Gasteiger partial charge in [0, 0.05) is 17.7 Å². The van der Waals surface area contributed by atoms with E-state index in [-0.39, 0.29) is 32.7 Å². The van der Waals surface area contributed by atoms with E-state index in [1.54, 1.807) is 0 Å². The van der Waals surface area contributed by atoms with Crippen LogP contribution in [0.5, 0.6) is 0 Å². The smallest absolute Gasteiger partial charge is 0.403 e. The van der Waals surface area contributed by atoms with Crippen molar-refractivity contribution in [1.82, 2.24) is 0 Å². The molecule has 0 heterocycles. The maximum atomic E-state index is 11.4. The van der Waals surface area contributed by atoms with Crippen LogP contribution in [0.15, 0.2) is 12.7 Å². The fourth-order valence-corrected chi connectivity index (χ4v) is 1.21. The topological polar surface area (TPSA) is 105 Å². The molecule has 0 aliphatic rings. The summed E-state index contributed by atoms with van der Waals surface area (Å²) in [5.74, 6) is -1.90. The van der Waals surface area contributed by atoms with Crippen molar-refractivity contribution in [2.75, 3.05) is 19.8 Å². The summed E-state index contributed by atoms with van der Waals surface area (Å²) in [5, 5.41) is 0. The second-order valence-corrected chi connectivity index (χ2v) is 4.25. The fourth-order valence-electron chi connectivity index (χ4n) is 1.13. The minimum atomic E-state index is -0.995. The lowest BCUT2D eigenvalue weighted by atomic mass is 10.3. The molecule has 124 valence electrons. The van der Waals surface area contributed by atoms with Gasteiger partial charge in [-0.2, -0.15) is 0 Å². The van der Waals surface area contributed by atoms with E-state index < -0.39 is 29.4 Å². The molecule has 0 aromatic carbocycles. The molecule has 0 saturated carbocycles. The predicted molar refractivity (Wildman–Crippen MR) is 74.1 cm³/mol. The summed E-state index contributed by atoms with van der Waals surface area (Å²) < 4.78 is 18.6. The third-order valence-electron chi connectivity index (χ3n) is 2.05. The van der Waals surface area contributed by atoms with Gasteiger partial charge in [-0.1, -0.05) is 6.58 Å². The molecule has 0 bridgehead atoms. The molecule has 0 aromatic heterocycles. The molecule has 1 unspecified atom stereocenters. The Kier molecular flexibility index (Phi) is 10.5. The highest BCUT2D eigenvalue weighted by atomic mass is 35.5. The Morgan fingerprint density at radius 3 is 2.23 bits per heavy atom. The highest BCUT2D eigenvalue weighted by Gasteiger charge is 2.13. The average molecular weight is 337 g/mol. The van der Waals surface area contributed by atoms with E-state index in [4.69, 9.17) is 16.3 Å². The van der Waals surface area contributed by atoms with Crippen LogP contribution in [-0.4, -0.2) is 49.3 Å². The van der Waals surface area contributed by atoms with Gasteiger partial charge in [0.25, 0.3) is 0 Å². The van der Waals surface area contributed by atoms with Crippen molar-refractivity contribution in [3.05, 3.63) is 12.7 Å². The zero-order valence-corrected chi connectivity index (χ0v) is 12.8. The Hall–Kier alpha value is -2.09. The Morgan fingerprint density at radius 1 is 1.05 bits per heavy atom. The number of carbonyl (C=O) groups is 4. The minimum Gasteiger partial charge on any atom is -0.462 e. The minimum absolute atomic E-state index is 0.106. The molecular weight excluding hydrogens is 320 g/mol. The molecule has 0 radical (unpaired) electrons. The van der Waals surface area contributed by atoms with Crippen LogP contribution in [0.1, 0.15) is 19.8 Å². The summed E-state index contributed by atoms with van der Waals surface area (Å²) in [6, 6.07) is 0. The molecule has 0 aliphatic heterocycles. The Bertz CT molecular complexity index is 420. The summed E-state index contributed by atoms with van der Waals surface area (Å²) in [4.78, 5) is 43.7. The fraction of sp³-hybridized carbons (Fsp3) is 0.538. The lowest BCUT2D eigenvalue weighted by molar-refractivity contribution is -0.158. The van der Waals surface area contributed by atoms with Crippen LogP contribution in [0.25, 0.3) is 0 Å². The number of hydrogen-bond donors (Lipinski definition) is 0. The monoisotopic (exact) mass is 336 g/mol. The molecule has 0 spiro atoms. The largest absolute Gasteiger partial charge is 0.462 e. The van der Waals surface area contributed by atoms with Gasteiger partial charge in [0.1, 0.15) is 25.9 Å². The van der Waals surface area contributed by atoms with Gasteiger partial charge in [-0.25, -0.2) is 9.59 Å². The van der Waals surface area contributed by atoms with E-state index in [1.165, 1.54) is 6.92 Å². The first-order chi connectivity index (χ1) is 10.3. The van der Waals surface area contributed by atoms with E-state index >= 15 is 0 Å². The quantitative estimate of drug-likeness (QED) is 0.193. The molecule has 0 rings (SSSR count). The lowest BCUT2D eigenvalue weighted by Crippen LogP contribution is -2.22. The van der Waals surface area contributed by atoms with Gasteiger partial charge < -0.3 is 18.9 Å². The molecule has 0 fully saturated rings. The molecular formula is C13H17ClO8. The first-order valence-electron chi connectivity index (χ1n) is 6.31. The second kappa shape index (κ2) is 11.6. The van der Waals surface area contributed by atoms with Crippen LogP contribution in [0.3, 0.4) is 0 Å². The van der Waals surface area contributed by atoms with Gasteiger partial charge >= 0.3 is 23.3 Å². The maximum absolute atomic E-state index is 11.4. The average Bonchev–Trinajstić information content (AvgIpc) is 2.46. The van der Waals surface area contributed by atoms with Crippen molar-refractivity contribution in [3.63, 3.8) is 0 Å². The molecule has 0 N–H and O–H groups in total. The number of rotatable bonds is 10. The first-order valence-corrected chi connectivity index (χ1v) is 6.69. The van der Waals surface area contributed by atoms with Crippen LogP contribution < -0.4 is 0 Å². The van der Waals surface area contributed by atoms with Crippen molar-refractivity contribution in [2.24, 2.45) is 0 Å². The van der Waals surface area contributed by atoms with Crippen molar-refractivity contribution >= 4 is 34.9 Å².